The first-order chi connectivity index (χ1) is 11.8. The molecular formula is C22H46O2. The summed E-state index contributed by atoms with van der Waals surface area (Å²) in [6.45, 7) is 4.83. The molecule has 24 heavy (non-hydrogen) atoms. The molecule has 1 unspecified atom stereocenters. The first-order valence-electron chi connectivity index (χ1n) is 11.1. The average molecular weight is 343 g/mol. The third-order valence-corrected chi connectivity index (χ3v) is 4.91. The van der Waals surface area contributed by atoms with Gasteiger partial charge in [0.05, 0.1) is 0 Å². The van der Waals surface area contributed by atoms with Gasteiger partial charge in [-0.25, -0.2) is 0 Å². The highest BCUT2D eigenvalue weighted by Crippen LogP contribution is 2.14. The predicted molar refractivity (Wildman–Crippen MR) is 106 cm³/mol. The van der Waals surface area contributed by atoms with Gasteiger partial charge >= 0.3 is 0 Å². The van der Waals surface area contributed by atoms with E-state index in [1.807, 2.05) is 6.92 Å². The highest BCUT2D eigenvalue weighted by molar-refractivity contribution is 4.51. The Morgan fingerprint density at radius 1 is 0.542 bits per heavy atom. The van der Waals surface area contributed by atoms with Crippen LogP contribution < -0.4 is 0 Å². The van der Waals surface area contributed by atoms with E-state index in [0.29, 0.717) is 6.61 Å². The summed E-state index contributed by atoms with van der Waals surface area (Å²) in [5, 5.41) is 9.45. The van der Waals surface area contributed by atoms with Crippen LogP contribution in [0.1, 0.15) is 129 Å². The SMILES string of the molecule is CCCCCCCCCCCCCCCCCCCC(O)OCC. The molecule has 0 spiro atoms. The van der Waals surface area contributed by atoms with Crippen LogP contribution in [0.4, 0.5) is 0 Å². The monoisotopic (exact) mass is 342 g/mol. The minimum atomic E-state index is -0.536. The maximum Gasteiger partial charge on any atom is 0.154 e. The quantitative estimate of drug-likeness (QED) is 0.185. The second-order valence-corrected chi connectivity index (χ2v) is 7.36. The van der Waals surface area contributed by atoms with Crippen molar-refractivity contribution >= 4 is 0 Å². The van der Waals surface area contributed by atoms with Crippen molar-refractivity contribution in [3.63, 3.8) is 0 Å². The largest absolute Gasteiger partial charge is 0.368 e. The van der Waals surface area contributed by atoms with Gasteiger partial charge in [0.25, 0.3) is 0 Å². The van der Waals surface area contributed by atoms with Crippen LogP contribution in [0.2, 0.25) is 0 Å². The Bertz CT molecular complexity index is 218. The molecular weight excluding hydrogens is 296 g/mol. The summed E-state index contributed by atoms with van der Waals surface area (Å²) >= 11 is 0. The zero-order valence-electron chi connectivity index (χ0n) is 16.9. The molecule has 0 bridgehead atoms. The van der Waals surface area contributed by atoms with Crippen LogP contribution in [0, 0.1) is 0 Å². The van der Waals surface area contributed by atoms with Crippen molar-refractivity contribution in [3.05, 3.63) is 0 Å². The van der Waals surface area contributed by atoms with Crippen LogP contribution in [0.15, 0.2) is 0 Å². The first kappa shape index (κ1) is 23.9. The minimum Gasteiger partial charge on any atom is -0.368 e. The molecule has 146 valence electrons. The molecule has 0 amide bonds. The summed E-state index contributed by atoms with van der Waals surface area (Å²) in [5.41, 5.74) is 0. The minimum absolute atomic E-state index is 0.536. The van der Waals surface area contributed by atoms with E-state index in [9.17, 15) is 5.11 Å². The van der Waals surface area contributed by atoms with Crippen LogP contribution >= 0.6 is 0 Å². The summed E-state index contributed by atoms with van der Waals surface area (Å²) < 4.78 is 5.13. The fourth-order valence-electron chi connectivity index (χ4n) is 3.32. The molecule has 1 atom stereocenters. The van der Waals surface area contributed by atoms with Crippen LogP contribution in [-0.2, 0) is 4.74 Å². The van der Waals surface area contributed by atoms with Crippen molar-refractivity contribution < 1.29 is 9.84 Å². The number of ether oxygens (including phenoxy) is 1. The summed E-state index contributed by atoms with van der Waals surface area (Å²) in [6.07, 6.45) is 23.9. The summed E-state index contributed by atoms with van der Waals surface area (Å²) in [4.78, 5) is 0. The molecule has 0 aromatic carbocycles. The molecule has 0 radical (unpaired) electrons. The number of aliphatic hydroxyl groups excluding tert-OH is 1. The maximum absolute atomic E-state index is 9.45. The Labute approximate surface area is 152 Å². The lowest BCUT2D eigenvalue weighted by Crippen LogP contribution is -2.10. The van der Waals surface area contributed by atoms with Gasteiger partial charge in [-0.3, -0.25) is 0 Å². The van der Waals surface area contributed by atoms with Gasteiger partial charge in [-0.05, 0) is 19.8 Å². The Balaban J connectivity index is 3.00. The Morgan fingerprint density at radius 3 is 1.21 bits per heavy atom. The first-order valence-corrected chi connectivity index (χ1v) is 11.1. The molecule has 2 heteroatoms. The van der Waals surface area contributed by atoms with Gasteiger partial charge in [0.1, 0.15) is 0 Å². The molecule has 0 aromatic heterocycles. The molecule has 0 saturated heterocycles. The van der Waals surface area contributed by atoms with Crippen molar-refractivity contribution in [2.75, 3.05) is 6.61 Å². The van der Waals surface area contributed by atoms with Crippen LogP contribution in [0.25, 0.3) is 0 Å². The van der Waals surface area contributed by atoms with Crippen molar-refractivity contribution in [1.82, 2.24) is 0 Å². The van der Waals surface area contributed by atoms with Crippen molar-refractivity contribution in [3.8, 4) is 0 Å². The lowest BCUT2D eigenvalue weighted by molar-refractivity contribution is -0.0994. The van der Waals surface area contributed by atoms with Crippen molar-refractivity contribution in [2.24, 2.45) is 0 Å². The second-order valence-electron chi connectivity index (χ2n) is 7.36. The fourth-order valence-corrected chi connectivity index (χ4v) is 3.32. The molecule has 0 aliphatic carbocycles. The molecule has 0 aliphatic heterocycles. The van der Waals surface area contributed by atoms with Crippen LogP contribution in [0.5, 0.6) is 0 Å². The van der Waals surface area contributed by atoms with Crippen LogP contribution in [0.3, 0.4) is 0 Å². The van der Waals surface area contributed by atoms with E-state index >= 15 is 0 Å². The standard InChI is InChI=1S/C22H46O2/c1-3-5-6-7-8-9-10-11-12-13-14-15-16-17-18-19-20-21-22(23)24-4-2/h22-23H,3-21H2,1-2H3. The zero-order chi connectivity index (χ0) is 17.7. The zero-order valence-corrected chi connectivity index (χ0v) is 16.9. The number of unbranched alkanes of at least 4 members (excludes halogenated alkanes) is 16. The van der Waals surface area contributed by atoms with E-state index in [-0.39, 0.29) is 0 Å². The number of aliphatic hydroxyl groups is 1. The van der Waals surface area contributed by atoms with Gasteiger partial charge in [-0.15, -0.1) is 0 Å². The summed E-state index contributed by atoms with van der Waals surface area (Å²) in [6, 6.07) is 0. The lowest BCUT2D eigenvalue weighted by atomic mass is 10.0. The molecule has 0 aromatic rings. The number of rotatable bonds is 20. The number of hydrogen-bond donors (Lipinski definition) is 1. The maximum atomic E-state index is 9.45. The van der Waals surface area contributed by atoms with Gasteiger partial charge < -0.3 is 9.84 Å². The van der Waals surface area contributed by atoms with E-state index < -0.39 is 6.29 Å². The van der Waals surface area contributed by atoms with Crippen LogP contribution in [-0.4, -0.2) is 18.0 Å². The van der Waals surface area contributed by atoms with Gasteiger partial charge in [0.2, 0.25) is 0 Å². The van der Waals surface area contributed by atoms with E-state index in [2.05, 4.69) is 6.92 Å². The summed E-state index contributed by atoms with van der Waals surface area (Å²) in [5.74, 6) is 0. The van der Waals surface area contributed by atoms with Crippen molar-refractivity contribution in [2.45, 2.75) is 136 Å². The number of hydrogen-bond acceptors (Lipinski definition) is 2. The lowest BCUT2D eigenvalue weighted by Gasteiger charge is -2.09. The molecule has 0 fully saturated rings. The highest BCUT2D eigenvalue weighted by atomic mass is 16.6. The topological polar surface area (TPSA) is 29.5 Å². The molecule has 1 N–H and O–H groups in total. The van der Waals surface area contributed by atoms with Gasteiger partial charge in [-0.2, -0.15) is 0 Å². The molecule has 2 nitrogen and oxygen atoms in total. The summed E-state index contributed by atoms with van der Waals surface area (Å²) in [7, 11) is 0. The van der Waals surface area contributed by atoms with E-state index in [1.54, 1.807) is 0 Å². The predicted octanol–water partition coefficient (Wildman–Crippen LogP) is 7.38. The third-order valence-electron chi connectivity index (χ3n) is 4.91. The van der Waals surface area contributed by atoms with Gasteiger partial charge in [0.15, 0.2) is 6.29 Å². The third kappa shape index (κ3) is 20.0. The highest BCUT2D eigenvalue weighted by Gasteiger charge is 2.01. The molecule has 0 rings (SSSR count). The molecule has 0 saturated carbocycles. The van der Waals surface area contributed by atoms with E-state index in [0.717, 1.165) is 12.8 Å². The van der Waals surface area contributed by atoms with E-state index in [1.165, 1.54) is 103 Å². The van der Waals surface area contributed by atoms with Gasteiger partial charge in [-0.1, -0.05) is 110 Å². The Kier molecular flexibility index (Phi) is 20.9. The Hall–Kier alpha value is -0.0800. The molecule has 0 aliphatic rings. The van der Waals surface area contributed by atoms with Crippen molar-refractivity contribution in [1.29, 1.82) is 0 Å². The van der Waals surface area contributed by atoms with E-state index in [4.69, 9.17) is 4.74 Å². The fraction of sp³-hybridized carbons (Fsp3) is 1.00. The smallest absolute Gasteiger partial charge is 0.154 e. The second kappa shape index (κ2) is 21.0. The molecule has 0 heterocycles. The Morgan fingerprint density at radius 2 is 0.875 bits per heavy atom. The normalized spacial score (nSPS) is 12.6. The average Bonchev–Trinajstić information content (AvgIpc) is 2.58. The van der Waals surface area contributed by atoms with Gasteiger partial charge in [0, 0.05) is 6.61 Å².